The van der Waals surface area contributed by atoms with Crippen molar-refractivity contribution in [2.24, 2.45) is 0 Å². The Bertz CT molecular complexity index is 544. The fourth-order valence-corrected chi connectivity index (χ4v) is 2.04. The highest BCUT2D eigenvalue weighted by Crippen LogP contribution is 2.22. The standard InChI is InChI=1S/C10H12N4O7/c15-7(16)3-5(10(17)18)11-4-1-2-6(14(19)20)9-8(4)12-21-13-9/h1-2,5,8-9,11-13H,3H2,(H,15,16)(H,17,18)/t5-,8?,9?/m0/s1. The van der Waals surface area contributed by atoms with Crippen LogP contribution in [0.25, 0.3) is 0 Å². The number of nitro groups is 1. The number of aliphatic carboxylic acids is 2. The molecule has 2 aliphatic rings. The highest BCUT2D eigenvalue weighted by molar-refractivity contribution is 5.80. The monoisotopic (exact) mass is 300 g/mol. The van der Waals surface area contributed by atoms with Crippen LogP contribution in [0.2, 0.25) is 0 Å². The molecule has 0 radical (unpaired) electrons. The van der Waals surface area contributed by atoms with E-state index in [1.54, 1.807) is 0 Å². The van der Waals surface area contributed by atoms with Crippen molar-refractivity contribution in [2.75, 3.05) is 0 Å². The van der Waals surface area contributed by atoms with Gasteiger partial charge in [-0.15, -0.1) is 0 Å². The van der Waals surface area contributed by atoms with Gasteiger partial charge in [-0.2, -0.15) is 11.0 Å². The zero-order chi connectivity index (χ0) is 15.6. The van der Waals surface area contributed by atoms with Crippen LogP contribution in [0.1, 0.15) is 6.42 Å². The molecule has 0 aromatic heterocycles. The molecule has 1 heterocycles. The second-order valence-corrected chi connectivity index (χ2v) is 4.40. The minimum absolute atomic E-state index is 0.152. The molecular weight excluding hydrogens is 288 g/mol. The van der Waals surface area contributed by atoms with Crippen LogP contribution in [0.5, 0.6) is 0 Å². The highest BCUT2D eigenvalue weighted by atomic mass is 16.8. The molecule has 1 aliphatic carbocycles. The van der Waals surface area contributed by atoms with Crippen molar-refractivity contribution in [1.29, 1.82) is 0 Å². The van der Waals surface area contributed by atoms with Gasteiger partial charge in [-0.3, -0.25) is 14.9 Å². The minimum atomic E-state index is -1.36. The number of hydroxylamine groups is 2. The van der Waals surface area contributed by atoms with E-state index < -0.39 is 41.4 Å². The van der Waals surface area contributed by atoms with Crippen molar-refractivity contribution in [3.8, 4) is 0 Å². The van der Waals surface area contributed by atoms with E-state index in [0.29, 0.717) is 0 Å². The highest BCUT2D eigenvalue weighted by Gasteiger charge is 2.43. The Morgan fingerprint density at radius 2 is 2.05 bits per heavy atom. The van der Waals surface area contributed by atoms with Crippen LogP contribution in [-0.2, 0) is 14.5 Å². The average Bonchev–Trinajstić information content (AvgIpc) is 2.86. The summed E-state index contributed by atoms with van der Waals surface area (Å²) >= 11 is 0. The van der Waals surface area contributed by atoms with E-state index in [1.165, 1.54) is 12.2 Å². The number of hydrogen-bond acceptors (Lipinski definition) is 8. The lowest BCUT2D eigenvalue weighted by atomic mass is 9.97. The van der Waals surface area contributed by atoms with Gasteiger partial charge in [0.25, 0.3) is 5.70 Å². The number of rotatable bonds is 6. The summed E-state index contributed by atoms with van der Waals surface area (Å²) in [5.41, 5.74) is 4.99. The van der Waals surface area contributed by atoms with Crippen LogP contribution in [0.3, 0.4) is 0 Å². The second kappa shape index (κ2) is 5.87. The van der Waals surface area contributed by atoms with Crippen molar-refractivity contribution in [1.82, 2.24) is 16.3 Å². The molecule has 21 heavy (non-hydrogen) atoms. The molecule has 0 bridgehead atoms. The molecule has 1 aliphatic heterocycles. The Balaban J connectivity index is 2.20. The summed E-state index contributed by atoms with van der Waals surface area (Å²) in [6, 6.07) is -2.89. The Kier molecular flexibility index (Phi) is 4.16. The molecule has 11 heteroatoms. The van der Waals surface area contributed by atoms with Gasteiger partial charge in [0, 0.05) is 11.8 Å². The first-order valence-corrected chi connectivity index (χ1v) is 5.84. The van der Waals surface area contributed by atoms with E-state index in [1.807, 2.05) is 0 Å². The molecule has 0 aromatic rings. The van der Waals surface area contributed by atoms with E-state index in [0.717, 1.165) is 0 Å². The summed E-state index contributed by atoms with van der Waals surface area (Å²) in [4.78, 5) is 36.7. The number of carboxylic acid groups (broad SMARTS) is 2. The van der Waals surface area contributed by atoms with Crippen molar-refractivity contribution < 1.29 is 29.7 Å². The lowest BCUT2D eigenvalue weighted by Gasteiger charge is -2.24. The fraction of sp³-hybridized carbons (Fsp3) is 0.400. The Hall–Kier alpha value is -2.50. The Labute approximate surface area is 117 Å². The molecule has 1 saturated heterocycles. The molecule has 0 saturated carbocycles. The van der Waals surface area contributed by atoms with Gasteiger partial charge >= 0.3 is 11.9 Å². The van der Waals surface area contributed by atoms with E-state index in [4.69, 9.17) is 15.2 Å². The quantitative estimate of drug-likeness (QED) is 0.283. The number of carbonyl (C=O) groups is 2. The van der Waals surface area contributed by atoms with Crippen LogP contribution in [0.15, 0.2) is 23.5 Å². The van der Waals surface area contributed by atoms with E-state index in [2.05, 4.69) is 16.3 Å². The number of carboxylic acids is 2. The minimum Gasteiger partial charge on any atom is -0.481 e. The predicted octanol–water partition coefficient (Wildman–Crippen LogP) is -1.66. The van der Waals surface area contributed by atoms with Gasteiger partial charge < -0.3 is 15.5 Å². The molecule has 0 aromatic carbocycles. The number of nitrogens with zero attached hydrogens (tertiary/aromatic N) is 1. The zero-order valence-electron chi connectivity index (χ0n) is 10.5. The molecule has 1 fully saturated rings. The summed E-state index contributed by atoms with van der Waals surface area (Å²) < 4.78 is 0. The van der Waals surface area contributed by atoms with Crippen LogP contribution in [0, 0.1) is 10.1 Å². The normalized spacial score (nSPS) is 25.3. The summed E-state index contributed by atoms with van der Waals surface area (Å²) in [7, 11) is 0. The molecule has 5 N–H and O–H groups in total. The average molecular weight is 300 g/mol. The third-order valence-corrected chi connectivity index (χ3v) is 3.02. The molecule has 0 spiro atoms. The molecule has 114 valence electrons. The van der Waals surface area contributed by atoms with Crippen LogP contribution < -0.4 is 16.3 Å². The number of hydrogen-bond donors (Lipinski definition) is 5. The third-order valence-electron chi connectivity index (χ3n) is 3.02. The zero-order valence-corrected chi connectivity index (χ0v) is 10.5. The number of allylic oxidation sites excluding steroid dienone is 2. The first kappa shape index (κ1) is 14.9. The number of fused-ring (bicyclic) bond motifs is 1. The lowest BCUT2D eigenvalue weighted by Crippen LogP contribution is -2.48. The van der Waals surface area contributed by atoms with Gasteiger partial charge in [-0.25, -0.2) is 9.73 Å². The fourth-order valence-electron chi connectivity index (χ4n) is 2.04. The molecule has 3 atom stereocenters. The molecule has 11 nitrogen and oxygen atoms in total. The van der Waals surface area contributed by atoms with Crippen molar-refractivity contribution in [3.63, 3.8) is 0 Å². The predicted molar refractivity (Wildman–Crippen MR) is 64.9 cm³/mol. The van der Waals surface area contributed by atoms with E-state index >= 15 is 0 Å². The largest absolute Gasteiger partial charge is 0.481 e. The van der Waals surface area contributed by atoms with Gasteiger partial charge in [0.1, 0.15) is 18.1 Å². The van der Waals surface area contributed by atoms with Crippen molar-refractivity contribution >= 4 is 11.9 Å². The lowest BCUT2D eigenvalue weighted by molar-refractivity contribution is -0.431. The van der Waals surface area contributed by atoms with Crippen molar-refractivity contribution in [3.05, 3.63) is 33.7 Å². The van der Waals surface area contributed by atoms with Crippen LogP contribution in [-0.4, -0.2) is 45.2 Å². The van der Waals surface area contributed by atoms with Gasteiger partial charge in [0.15, 0.2) is 0 Å². The van der Waals surface area contributed by atoms with Gasteiger partial charge in [0.05, 0.1) is 11.3 Å². The molecular formula is C10H12N4O7. The first-order valence-electron chi connectivity index (χ1n) is 5.84. The van der Waals surface area contributed by atoms with Crippen LogP contribution in [0.4, 0.5) is 0 Å². The topological polar surface area (TPSA) is 163 Å². The maximum Gasteiger partial charge on any atom is 0.326 e. The second-order valence-electron chi connectivity index (χ2n) is 4.40. The van der Waals surface area contributed by atoms with E-state index in [9.17, 15) is 19.7 Å². The molecule has 2 unspecified atom stereocenters. The summed E-state index contributed by atoms with van der Waals surface area (Å²) in [5.74, 6) is -2.62. The number of nitrogens with one attached hydrogen (secondary N) is 3. The Morgan fingerprint density at radius 1 is 1.38 bits per heavy atom. The molecule has 0 amide bonds. The SMILES string of the molecule is O=C(O)C[C@H](NC1=CC=C([N+](=O)[O-])C2NONC12)C(=O)O. The van der Waals surface area contributed by atoms with Crippen molar-refractivity contribution in [2.45, 2.75) is 24.5 Å². The smallest absolute Gasteiger partial charge is 0.326 e. The Morgan fingerprint density at radius 3 is 2.62 bits per heavy atom. The maximum absolute atomic E-state index is 11.0. The first-order chi connectivity index (χ1) is 9.90. The van der Waals surface area contributed by atoms with Gasteiger partial charge in [-0.1, -0.05) is 0 Å². The van der Waals surface area contributed by atoms with Gasteiger partial charge in [-0.05, 0) is 6.08 Å². The summed E-state index contributed by atoms with van der Waals surface area (Å²) in [6.45, 7) is 0. The maximum atomic E-state index is 11.0. The van der Waals surface area contributed by atoms with E-state index in [-0.39, 0.29) is 11.4 Å². The summed E-state index contributed by atoms with van der Waals surface area (Å²) in [5, 5.41) is 31.1. The van der Waals surface area contributed by atoms with Crippen LogP contribution >= 0.6 is 0 Å². The summed E-state index contributed by atoms with van der Waals surface area (Å²) in [6.07, 6.45) is 1.89. The van der Waals surface area contributed by atoms with Gasteiger partial charge in [0.2, 0.25) is 0 Å². The molecule has 2 rings (SSSR count). The third kappa shape index (κ3) is 3.16.